The number of ether oxygens (including phenoxy) is 3. The van der Waals surface area contributed by atoms with Crippen molar-refractivity contribution >= 4 is 23.5 Å². The molecular formula is C14H18ClNO6. The van der Waals surface area contributed by atoms with Gasteiger partial charge in [0.25, 0.3) is 5.91 Å². The number of hydrogen-bond acceptors (Lipinski definition) is 5. The van der Waals surface area contributed by atoms with Gasteiger partial charge in [-0.3, -0.25) is 4.79 Å². The van der Waals surface area contributed by atoms with Crippen LogP contribution < -0.4 is 10.1 Å². The molecule has 0 heterocycles. The van der Waals surface area contributed by atoms with Gasteiger partial charge in [-0.15, -0.1) is 0 Å². The van der Waals surface area contributed by atoms with Gasteiger partial charge in [-0.2, -0.15) is 0 Å². The van der Waals surface area contributed by atoms with Gasteiger partial charge >= 0.3 is 5.97 Å². The molecule has 0 spiro atoms. The molecule has 0 bridgehead atoms. The summed E-state index contributed by atoms with van der Waals surface area (Å²) >= 11 is 5.88. The second kappa shape index (κ2) is 9.24. The van der Waals surface area contributed by atoms with Crippen molar-refractivity contribution in [3.63, 3.8) is 0 Å². The summed E-state index contributed by atoms with van der Waals surface area (Å²) in [6.07, 6.45) is -1.12. The standard InChI is InChI=1S/C14H18ClNO6/c1-20-5-6-22-11-4-3-9(15)7-10(11)13(17)16-8-12(21-2)14(18)19/h3-4,7,12H,5-6,8H2,1-2H3,(H,16,17)(H,18,19). The van der Waals surface area contributed by atoms with Crippen LogP contribution in [0.1, 0.15) is 10.4 Å². The largest absolute Gasteiger partial charge is 0.490 e. The SMILES string of the molecule is COCCOc1ccc(Cl)cc1C(=O)NCC(OC)C(=O)O. The summed E-state index contributed by atoms with van der Waals surface area (Å²) in [5.41, 5.74) is 0.212. The number of halogens is 1. The van der Waals surface area contributed by atoms with E-state index in [2.05, 4.69) is 5.32 Å². The Kier molecular flexibility index (Phi) is 7.65. The van der Waals surface area contributed by atoms with Crippen LogP contribution in [0.15, 0.2) is 18.2 Å². The maximum Gasteiger partial charge on any atom is 0.334 e. The highest BCUT2D eigenvalue weighted by Gasteiger charge is 2.19. The average molecular weight is 332 g/mol. The van der Waals surface area contributed by atoms with Crippen molar-refractivity contribution in [3.8, 4) is 5.75 Å². The Balaban J connectivity index is 2.78. The van der Waals surface area contributed by atoms with Gasteiger partial charge in [0.2, 0.25) is 0 Å². The lowest BCUT2D eigenvalue weighted by atomic mass is 10.2. The summed E-state index contributed by atoms with van der Waals surface area (Å²) in [5.74, 6) is -1.33. The Morgan fingerprint density at radius 3 is 2.64 bits per heavy atom. The van der Waals surface area contributed by atoms with Gasteiger partial charge in [0.15, 0.2) is 6.10 Å². The van der Waals surface area contributed by atoms with Crippen LogP contribution in [0.4, 0.5) is 0 Å². The Morgan fingerprint density at radius 1 is 1.32 bits per heavy atom. The van der Waals surface area contributed by atoms with Crippen molar-refractivity contribution in [2.45, 2.75) is 6.10 Å². The molecular weight excluding hydrogens is 314 g/mol. The van der Waals surface area contributed by atoms with Gasteiger partial charge in [0.05, 0.1) is 18.7 Å². The fraction of sp³-hybridized carbons (Fsp3) is 0.429. The minimum absolute atomic E-state index is 0.172. The first kappa shape index (κ1) is 18.2. The van der Waals surface area contributed by atoms with Crippen molar-refractivity contribution in [2.75, 3.05) is 34.0 Å². The van der Waals surface area contributed by atoms with E-state index in [1.54, 1.807) is 12.1 Å². The molecule has 0 aliphatic rings. The highest BCUT2D eigenvalue weighted by atomic mass is 35.5. The van der Waals surface area contributed by atoms with Gasteiger partial charge in [0, 0.05) is 19.2 Å². The third kappa shape index (κ3) is 5.51. The molecule has 0 aliphatic heterocycles. The van der Waals surface area contributed by atoms with Gasteiger partial charge in [0.1, 0.15) is 12.4 Å². The van der Waals surface area contributed by atoms with Crippen molar-refractivity contribution in [3.05, 3.63) is 28.8 Å². The maximum absolute atomic E-state index is 12.2. The molecule has 1 aromatic rings. The van der Waals surface area contributed by atoms with E-state index in [9.17, 15) is 9.59 Å². The molecule has 122 valence electrons. The number of carboxylic acids is 1. The molecule has 0 aromatic heterocycles. The molecule has 22 heavy (non-hydrogen) atoms. The molecule has 8 heteroatoms. The number of carbonyl (C=O) groups is 2. The highest BCUT2D eigenvalue weighted by Crippen LogP contribution is 2.23. The normalized spacial score (nSPS) is 11.8. The lowest BCUT2D eigenvalue weighted by Crippen LogP contribution is -2.38. The van der Waals surface area contributed by atoms with Crippen LogP contribution in [-0.2, 0) is 14.3 Å². The third-order valence-corrected chi connectivity index (χ3v) is 2.97. The molecule has 1 amide bonds. The number of nitrogens with one attached hydrogen (secondary N) is 1. The number of benzene rings is 1. The predicted octanol–water partition coefficient (Wildman–Crippen LogP) is 1.19. The van der Waals surface area contributed by atoms with Crippen molar-refractivity contribution < 1.29 is 28.9 Å². The first-order chi connectivity index (χ1) is 10.5. The Labute approximate surface area is 133 Å². The number of methoxy groups -OCH3 is 2. The molecule has 1 aromatic carbocycles. The van der Waals surface area contributed by atoms with Crippen LogP contribution in [0.25, 0.3) is 0 Å². The fourth-order valence-electron chi connectivity index (χ4n) is 1.59. The van der Waals surface area contributed by atoms with E-state index in [4.69, 9.17) is 30.9 Å². The van der Waals surface area contributed by atoms with E-state index in [1.165, 1.54) is 20.3 Å². The van der Waals surface area contributed by atoms with Gasteiger partial charge in [-0.25, -0.2) is 4.79 Å². The van der Waals surface area contributed by atoms with Crippen LogP contribution in [0.2, 0.25) is 5.02 Å². The minimum Gasteiger partial charge on any atom is -0.490 e. The first-order valence-corrected chi connectivity index (χ1v) is 6.82. The van der Waals surface area contributed by atoms with Crippen LogP contribution >= 0.6 is 11.6 Å². The number of carboxylic acid groups (broad SMARTS) is 1. The average Bonchev–Trinajstić information content (AvgIpc) is 2.49. The van der Waals surface area contributed by atoms with Crippen LogP contribution in [-0.4, -0.2) is 57.1 Å². The van der Waals surface area contributed by atoms with E-state index in [-0.39, 0.29) is 18.7 Å². The number of amides is 1. The quantitative estimate of drug-likeness (QED) is 0.660. The minimum atomic E-state index is -1.16. The summed E-state index contributed by atoms with van der Waals surface area (Å²) in [4.78, 5) is 23.0. The molecule has 1 atom stereocenters. The predicted molar refractivity (Wildman–Crippen MR) is 79.6 cm³/mol. The second-order valence-electron chi connectivity index (χ2n) is 4.25. The zero-order chi connectivity index (χ0) is 16.5. The van der Waals surface area contributed by atoms with Crippen molar-refractivity contribution in [1.82, 2.24) is 5.32 Å². The van der Waals surface area contributed by atoms with E-state index in [1.807, 2.05) is 0 Å². The van der Waals surface area contributed by atoms with Crippen molar-refractivity contribution in [1.29, 1.82) is 0 Å². The number of hydrogen-bond donors (Lipinski definition) is 2. The lowest BCUT2D eigenvalue weighted by molar-refractivity contribution is -0.148. The Hall–Kier alpha value is -1.83. The molecule has 1 unspecified atom stereocenters. The lowest BCUT2D eigenvalue weighted by Gasteiger charge is -2.14. The van der Waals surface area contributed by atoms with Crippen LogP contribution in [0.5, 0.6) is 5.75 Å². The van der Waals surface area contributed by atoms with E-state index >= 15 is 0 Å². The number of rotatable bonds is 9. The molecule has 7 nitrogen and oxygen atoms in total. The zero-order valence-electron chi connectivity index (χ0n) is 12.3. The fourth-order valence-corrected chi connectivity index (χ4v) is 1.76. The number of carbonyl (C=O) groups excluding carboxylic acids is 1. The third-order valence-electron chi connectivity index (χ3n) is 2.74. The molecule has 0 saturated carbocycles. The Bertz CT molecular complexity index is 522. The summed E-state index contributed by atoms with van der Waals surface area (Å²) in [6, 6.07) is 4.61. The Morgan fingerprint density at radius 2 is 2.05 bits per heavy atom. The topological polar surface area (TPSA) is 94.1 Å². The molecule has 0 aliphatic carbocycles. The maximum atomic E-state index is 12.2. The van der Waals surface area contributed by atoms with Gasteiger partial charge < -0.3 is 24.6 Å². The molecule has 2 N–H and O–H groups in total. The van der Waals surface area contributed by atoms with E-state index in [0.717, 1.165) is 0 Å². The summed E-state index contributed by atoms with van der Waals surface area (Å²) in [7, 11) is 2.79. The smallest absolute Gasteiger partial charge is 0.334 e. The molecule has 0 saturated heterocycles. The first-order valence-electron chi connectivity index (χ1n) is 6.44. The molecule has 0 radical (unpaired) electrons. The summed E-state index contributed by atoms with van der Waals surface area (Å²) < 4.78 is 15.1. The van der Waals surface area contributed by atoms with E-state index in [0.29, 0.717) is 17.4 Å². The highest BCUT2D eigenvalue weighted by molar-refractivity contribution is 6.31. The summed E-state index contributed by atoms with van der Waals surface area (Å²) in [6.45, 7) is 0.470. The van der Waals surface area contributed by atoms with Gasteiger partial charge in [-0.05, 0) is 18.2 Å². The number of aliphatic carboxylic acids is 1. The van der Waals surface area contributed by atoms with Gasteiger partial charge in [-0.1, -0.05) is 11.6 Å². The second-order valence-corrected chi connectivity index (χ2v) is 4.69. The summed E-state index contributed by atoms with van der Waals surface area (Å²) in [5, 5.41) is 11.7. The van der Waals surface area contributed by atoms with Crippen LogP contribution in [0, 0.1) is 0 Å². The zero-order valence-corrected chi connectivity index (χ0v) is 13.1. The van der Waals surface area contributed by atoms with Crippen LogP contribution in [0.3, 0.4) is 0 Å². The molecule has 0 fully saturated rings. The van der Waals surface area contributed by atoms with E-state index < -0.39 is 18.0 Å². The monoisotopic (exact) mass is 331 g/mol. The molecule has 1 rings (SSSR count). The van der Waals surface area contributed by atoms with Crippen molar-refractivity contribution in [2.24, 2.45) is 0 Å².